The van der Waals surface area contributed by atoms with Crippen LogP contribution in [-0.4, -0.2) is 6.10 Å². The van der Waals surface area contributed by atoms with Gasteiger partial charge in [-0.05, 0) is 55.7 Å². The second-order valence-electron chi connectivity index (χ2n) is 5.30. The van der Waals surface area contributed by atoms with Crippen LogP contribution in [-0.2, 0) is 6.54 Å². The van der Waals surface area contributed by atoms with Gasteiger partial charge in [-0.1, -0.05) is 36.7 Å². The minimum absolute atomic E-state index is 0.253. The van der Waals surface area contributed by atoms with Crippen molar-refractivity contribution in [1.82, 2.24) is 0 Å². The van der Waals surface area contributed by atoms with Gasteiger partial charge in [-0.2, -0.15) is 0 Å². The van der Waals surface area contributed by atoms with Gasteiger partial charge < -0.3 is 10.1 Å². The molecular formula is C18H22ClNO. The Labute approximate surface area is 132 Å². The lowest BCUT2D eigenvalue weighted by Gasteiger charge is -2.13. The van der Waals surface area contributed by atoms with Crippen LogP contribution in [0.1, 0.15) is 31.4 Å². The molecule has 2 aromatic carbocycles. The van der Waals surface area contributed by atoms with E-state index in [9.17, 15) is 0 Å². The van der Waals surface area contributed by atoms with Gasteiger partial charge in [0.2, 0.25) is 0 Å². The average molecular weight is 304 g/mol. The van der Waals surface area contributed by atoms with Crippen molar-refractivity contribution < 1.29 is 4.74 Å². The molecule has 0 saturated carbocycles. The quantitative estimate of drug-likeness (QED) is 0.767. The van der Waals surface area contributed by atoms with Crippen molar-refractivity contribution in [3.63, 3.8) is 0 Å². The molecule has 0 amide bonds. The van der Waals surface area contributed by atoms with E-state index in [-0.39, 0.29) is 6.10 Å². The number of anilines is 1. The number of halogens is 1. The van der Waals surface area contributed by atoms with E-state index >= 15 is 0 Å². The molecule has 0 aliphatic heterocycles. The molecule has 1 atom stereocenters. The van der Waals surface area contributed by atoms with E-state index < -0.39 is 0 Å². The Hall–Kier alpha value is -1.67. The zero-order valence-electron chi connectivity index (χ0n) is 12.8. The molecule has 2 rings (SSSR count). The Morgan fingerprint density at radius 2 is 1.86 bits per heavy atom. The highest BCUT2D eigenvalue weighted by atomic mass is 35.5. The maximum absolute atomic E-state index is 6.12. The lowest BCUT2D eigenvalue weighted by Crippen LogP contribution is -2.09. The lowest BCUT2D eigenvalue weighted by atomic mass is 10.2. The summed E-state index contributed by atoms with van der Waals surface area (Å²) in [5, 5.41) is 4.16. The van der Waals surface area contributed by atoms with Gasteiger partial charge in [-0.15, -0.1) is 0 Å². The average Bonchev–Trinajstić information content (AvgIpc) is 2.50. The Bertz CT molecular complexity index is 580. The van der Waals surface area contributed by atoms with Gasteiger partial charge in [-0.25, -0.2) is 0 Å². The molecule has 1 unspecified atom stereocenters. The van der Waals surface area contributed by atoms with Crippen molar-refractivity contribution in [2.24, 2.45) is 0 Å². The van der Waals surface area contributed by atoms with E-state index in [4.69, 9.17) is 16.3 Å². The highest BCUT2D eigenvalue weighted by Gasteiger charge is 2.02. The molecule has 1 N–H and O–H groups in total. The van der Waals surface area contributed by atoms with Crippen molar-refractivity contribution >= 4 is 17.3 Å². The Morgan fingerprint density at radius 1 is 1.14 bits per heavy atom. The highest BCUT2D eigenvalue weighted by Crippen LogP contribution is 2.21. The van der Waals surface area contributed by atoms with Crippen LogP contribution in [0.25, 0.3) is 0 Å². The third-order valence-corrected chi connectivity index (χ3v) is 3.91. The summed E-state index contributed by atoms with van der Waals surface area (Å²) < 4.78 is 5.77. The van der Waals surface area contributed by atoms with Crippen LogP contribution in [0.3, 0.4) is 0 Å². The normalized spacial score (nSPS) is 12.0. The van der Waals surface area contributed by atoms with Crippen LogP contribution < -0.4 is 10.1 Å². The van der Waals surface area contributed by atoms with Gasteiger partial charge in [0.25, 0.3) is 0 Å². The number of nitrogens with one attached hydrogen (secondary N) is 1. The van der Waals surface area contributed by atoms with E-state index in [1.165, 1.54) is 5.56 Å². The van der Waals surface area contributed by atoms with E-state index in [0.717, 1.165) is 35.0 Å². The number of benzene rings is 2. The van der Waals surface area contributed by atoms with Crippen LogP contribution in [0.4, 0.5) is 5.69 Å². The predicted molar refractivity (Wildman–Crippen MR) is 90.3 cm³/mol. The summed E-state index contributed by atoms with van der Waals surface area (Å²) in [6.45, 7) is 6.97. The van der Waals surface area contributed by atoms with E-state index in [1.54, 1.807) is 0 Å². The van der Waals surface area contributed by atoms with Gasteiger partial charge >= 0.3 is 0 Å². The number of ether oxygens (including phenoxy) is 1. The van der Waals surface area contributed by atoms with Crippen molar-refractivity contribution in [1.29, 1.82) is 0 Å². The first-order chi connectivity index (χ1) is 10.1. The summed E-state index contributed by atoms with van der Waals surface area (Å²) in [6, 6.07) is 14.2. The van der Waals surface area contributed by atoms with E-state index in [1.807, 2.05) is 37.3 Å². The summed E-state index contributed by atoms with van der Waals surface area (Å²) in [7, 11) is 0. The zero-order chi connectivity index (χ0) is 15.2. The van der Waals surface area contributed by atoms with E-state index in [0.29, 0.717) is 0 Å². The van der Waals surface area contributed by atoms with Gasteiger partial charge in [0, 0.05) is 17.3 Å². The summed E-state index contributed by atoms with van der Waals surface area (Å²) >= 11 is 6.12. The van der Waals surface area contributed by atoms with Crippen molar-refractivity contribution in [3.8, 4) is 5.75 Å². The standard InChI is InChI=1S/C18H22ClNO/c1-4-14(3)21-17-9-6-15(7-10-17)12-20-16-8-5-13(2)18(19)11-16/h5-11,14,20H,4,12H2,1-3H3. The summed E-state index contributed by atoms with van der Waals surface area (Å²) in [5.74, 6) is 0.923. The molecule has 2 aromatic rings. The molecule has 0 spiro atoms. The molecule has 0 fully saturated rings. The second kappa shape index (κ2) is 7.37. The molecule has 0 aromatic heterocycles. The maximum Gasteiger partial charge on any atom is 0.119 e. The number of hydrogen-bond acceptors (Lipinski definition) is 2. The van der Waals surface area contributed by atoms with E-state index in [2.05, 4.69) is 31.3 Å². The zero-order valence-corrected chi connectivity index (χ0v) is 13.6. The molecule has 0 aliphatic carbocycles. The molecule has 0 aliphatic rings. The molecule has 0 radical (unpaired) electrons. The van der Waals surface area contributed by atoms with Crippen molar-refractivity contribution in [3.05, 3.63) is 58.6 Å². The summed E-state index contributed by atoms with van der Waals surface area (Å²) in [5.41, 5.74) is 3.34. The van der Waals surface area contributed by atoms with Crippen molar-refractivity contribution in [2.45, 2.75) is 39.8 Å². The van der Waals surface area contributed by atoms with Gasteiger partial charge in [0.1, 0.15) is 5.75 Å². The highest BCUT2D eigenvalue weighted by molar-refractivity contribution is 6.31. The first kappa shape index (κ1) is 15.7. The van der Waals surface area contributed by atoms with Crippen molar-refractivity contribution in [2.75, 3.05) is 5.32 Å². The van der Waals surface area contributed by atoms with Gasteiger partial charge in [0.15, 0.2) is 0 Å². The smallest absolute Gasteiger partial charge is 0.119 e. The SMILES string of the molecule is CCC(C)Oc1ccc(CNc2ccc(C)c(Cl)c2)cc1. The molecule has 0 heterocycles. The lowest BCUT2D eigenvalue weighted by molar-refractivity contribution is 0.217. The third-order valence-electron chi connectivity index (χ3n) is 3.50. The second-order valence-corrected chi connectivity index (χ2v) is 5.71. The molecule has 112 valence electrons. The minimum Gasteiger partial charge on any atom is -0.491 e. The Morgan fingerprint density at radius 3 is 2.48 bits per heavy atom. The minimum atomic E-state index is 0.253. The molecule has 21 heavy (non-hydrogen) atoms. The molecular weight excluding hydrogens is 282 g/mol. The molecule has 0 saturated heterocycles. The monoisotopic (exact) mass is 303 g/mol. The third kappa shape index (κ3) is 4.68. The molecule has 3 heteroatoms. The predicted octanol–water partition coefficient (Wildman–Crippen LogP) is 5.44. The number of hydrogen-bond donors (Lipinski definition) is 1. The number of rotatable bonds is 6. The topological polar surface area (TPSA) is 21.3 Å². The fourth-order valence-corrected chi connectivity index (χ4v) is 2.09. The number of aryl methyl sites for hydroxylation is 1. The summed E-state index contributed by atoms with van der Waals surface area (Å²) in [6.07, 6.45) is 1.26. The first-order valence-electron chi connectivity index (χ1n) is 7.34. The Kier molecular flexibility index (Phi) is 5.51. The molecule has 2 nitrogen and oxygen atoms in total. The molecule has 0 bridgehead atoms. The van der Waals surface area contributed by atoms with Crippen LogP contribution in [0.15, 0.2) is 42.5 Å². The maximum atomic E-state index is 6.12. The van der Waals surface area contributed by atoms with Crippen LogP contribution in [0, 0.1) is 6.92 Å². The Balaban J connectivity index is 1.92. The fraction of sp³-hybridized carbons (Fsp3) is 0.333. The van der Waals surface area contributed by atoms with Gasteiger partial charge in [-0.3, -0.25) is 0 Å². The van der Waals surface area contributed by atoms with Crippen LogP contribution in [0.5, 0.6) is 5.75 Å². The van der Waals surface area contributed by atoms with Crippen LogP contribution in [0.2, 0.25) is 5.02 Å². The largest absolute Gasteiger partial charge is 0.491 e. The summed E-state index contributed by atoms with van der Waals surface area (Å²) in [4.78, 5) is 0. The van der Waals surface area contributed by atoms with Gasteiger partial charge in [0.05, 0.1) is 6.10 Å². The fourth-order valence-electron chi connectivity index (χ4n) is 1.91. The van der Waals surface area contributed by atoms with Crippen LogP contribution >= 0.6 is 11.6 Å². The first-order valence-corrected chi connectivity index (χ1v) is 7.72.